The van der Waals surface area contributed by atoms with Crippen LogP contribution in [0, 0.1) is 0 Å². The van der Waals surface area contributed by atoms with Gasteiger partial charge in [-0.05, 0) is 29.5 Å². The first kappa shape index (κ1) is 15.6. The summed E-state index contributed by atoms with van der Waals surface area (Å²) < 4.78 is 5.50. The highest BCUT2D eigenvalue weighted by Gasteiger charge is 2.33. The zero-order valence-corrected chi connectivity index (χ0v) is 14.0. The first-order valence-electron chi connectivity index (χ1n) is 7.34. The maximum Gasteiger partial charge on any atom is 0.252 e. The van der Waals surface area contributed by atoms with Gasteiger partial charge in [0.2, 0.25) is 5.91 Å². The summed E-state index contributed by atoms with van der Waals surface area (Å²) in [6, 6.07) is 5.94. The Labute approximate surface area is 138 Å². The number of benzene rings is 1. The van der Waals surface area contributed by atoms with Gasteiger partial charge in [-0.2, -0.15) is 0 Å². The maximum absolute atomic E-state index is 12.0. The molecule has 2 amide bonds. The molecular formula is C17H18N2O3S. The van der Waals surface area contributed by atoms with Crippen molar-refractivity contribution in [2.24, 2.45) is 5.73 Å². The number of nitrogens with one attached hydrogen (secondary N) is 1. The lowest BCUT2D eigenvalue weighted by molar-refractivity contribution is -0.114. The van der Waals surface area contributed by atoms with Crippen LogP contribution in [0.1, 0.15) is 41.3 Å². The van der Waals surface area contributed by atoms with Gasteiger partial charge < -0.3 is 15.8 Å². The molecule has 1 heterocycles. The monoisotopic (exact) mass is 330 g/mol. The average Bonchev–Trinajstić information content (AvgIpc) is 2.85. The molecule has 1 unspecified atom stereocenters. The van der Waals surface area contributed by atoms with E-state index in [2.05, 4.69) is 18.3 Å². The van der Waals surface area contributed by atoms with Crippen molar-refractivity contribution < 1.29 is 14.3 Å². The molecule has 3 rings (SSSR count). The second kappa shape index (κ2) is 5.70. The summed E-state index contributed by atoms with van der Waals surface area (Å²) in [5, 5.41) is 3.25. The standard InChI is InChI=1S/C17H18N2O3S/c1-8-7-10-5-4-6-11(22-3)13(10)15-12(8)14(16(18)21)17(23-15)19-9(2)20/h4-6,8H,7H2,1-3H3,(H2,18,21)(H,19,20). The molecule has 1 aliphatic carbocycles. The second-order valence-electron chi connectivity index (χ2n) is 5.69. The SMILES string of the molecule is COc1cccc2c1-c1sc(NC(C)=O)c(C(N)=O)c1C(C)C2. The second-order valence-corrected chi connectivity index (χ2v) is 6.71. The molecule has 23 heavy (non-hydrogen) atoms. The summed E-state index contributed by atoms with van der Waals surface area (Å²) in [7, 11) is 1.63. The summed E-state index contributed by atoms with van der Waals surface area (Å²) in [6.45, 7) is 3.49. The maximum atomic E-state index is 12.0. The molecule has 5 nitrogen and oxygen atoms in total. The van der Waals surface area contributed by atoms with E-state index < -0.39 is 5.91 Å². The smallest absolute Gasteiger partial charge is 0.252 e. The number of ether oxygens (including phenoxy) is 1. The number of rotatable bonds is 3. The Morgan fingerprint density at radius 3 is 2.74 bits per heavy atom. The largest absolute Gasteiger partial charge is 0.496 e. The minimum absolute atomic E-state index is 0.144. The van der Waals surface area contributed by atoms with Crippen LogP contribution in [0.15, 0.2) is 18.2 Å². The molecule has 1 atom stereocenters. The molecule has 1 aromatic carbocycles. The van der Waals surface area contributed by atoms with Crippen LogP contribution in [0.3, 0.4) is 0 Å². The fraction of sp³-hybridized carbons (Fsp3) is 0.294. The Kier molecular flexibility index (Phi) is 3.85. The molecule has 3 N–H and O–H groups in total. The highest BCUT2D eigenvalue weighted by atomic mass is 32.1. The van der Waals surface area contributed by atoms with E-state index in [-0.39, 0.29) is 11.8 Å². The third-order valence-corrected chi connectivity index (χ3v) is 5.20. The predicted octanol–water partition coefficient (Wildman–Crippen LogP) is 3.14. The third-order valence-electron chi connectivity index (χ3n) is 4.06. The Bertz CT molecular complexity index is 810. The number of fused-ring (bicyclic) bond motifs is 3. The van der Waals surface area contributed by atoms with Gasteiger partial charge in [0.05, 0.1) is 12.7 Å². The minimum atomic E-state index is -0.517. The van der Waals surface area contributed by atoms with Crippen molar-refractivity contribution in [1.29, 1.82) is 0 Å². The number of carbonyl (C=O) groups excluding carboxylic acids is 2. The number of carbonyl (C=O) groups is 2. The Morgan fingerprint density at radius 1 is 1.39 bits per heavy atom. The van der Waals surface area contributed by atoms with Gasteiger partial charge >= 0.3 is 0 Å². The number of hydrogen-bond acceptors (Lipinski definition) is 4. The number of thiophene rings is 1. The summed E-state index contributed by atoms with van der Waals surface area (Å²) >= 11 is 1.38. The molecule has 0 spiro atoms. The molecule has 0 aliphatic heterocycles. The lowest BCUT2D eigenvalue weighted by atomic mass is 9.81. The zero-order chi connectivity index (χ0) is 16.7. The predicted molar refractivity (Wildman–Crippen MR) is 91.2 cm³/mol. The molecule has 120 valence electrons. The number of anilines is 1. The van der Waals surface area contributed by atoms with E-state index >= 15 is 0 Å². The van der Waals surface area contributed by atoms with Crippen LogP contribution in [0.2, 0.25) is 0 Å². The van der Waals surface area contributed by atoms with Crippen molar-refractivity contribution in [3.63, 3.8) is 0 Å². The van der Waals surface area contributed by atoms with Gasteiger partial charge in [-0.3, -0.25) is 9.59 Å². The van der Waals surface area contributed by atoms with E-state index in [9.17, 15) is 9.59 Å². The number of primary amides is 1. The van der Waals surface area contributed by atoms with Crippen molar-refractivity contribution in [1.82, 2.24) is 0 Å². The van der Waals surface area contributed by atoms with Crippen molar-refractivity contribution in [2.75, 3.05) is 12.4 Å². The number of hydrogen-bond donors (Lipinski definition) is 2. The quantitative estimate of drug-likeness (QED) is 0.907. The van der Waals surface area contributed by atoms with Crippen LogP contribution in [-0.4, -0.2) is 18.9 Å². The molecule has 0 saturated heterocycles. The van der Waals surface area contributed by atoms with Gasteiger partial charge in [-0.15, -0.1) is 11.3 Å². The molecule has 1 aliphatic rings. The lowest BCUT2D eigenvalue weighted by Crippen LogP contribution is -2.18. The van der Waals surface area contributed by atoms with E-state index in [1.165, 1.54) is 23.8 Å². The zero-order valence-electron chi connectivity index (χ0n) is 13.2. The van der Waals surface area contributed by atoms with E-state index in [1.54, 1.807) is 7.11 Å². The number of amides is 2. The van der Waals surface area contributed by atoms with Gasteiger partial charge in [0.25, 0.3) is 5.91 Å². The third kappa shape index (κ3) is 2.49. The van der Waals surface area contributed by atoms with Gasteiger partial charge in [-0.1, -0.05) is 19.1 Å². The van der Waals surface area contributed by atoms with E-state index in [1.807, 2.05) is 12.1 Å². The lowest BCUT2D eigenvalue weighted by Gasteiger charge is -2.24. The van der Waals surface area contributed by atoms with Gasteiger partial charge in [0.1, 0.15) is 10.8 Å². The minimum Gasteiger partial charge on any atom is -0.496 e. The van der Waals surface area contributed by atoms with Crippen molar-refractivity contribution in [3.8, 4) is 16.2 Å². The molecule has 1 aromatic heterocycles. The van der Waals surface area contributed by atoms with Gasteiger partial charge in [0.15, 0.2) is 0 Å². The van der Waals surface area contributed by atoms with Crippen LogP contribution in [-0.2, 0) is 11.2 Å². The topological polar surface area (TPSA) is 81.4 Å². The van der Waals surface area contributed by atoms with Gasteiger partial charge in [-0.25, -0.2) is 0 Å². The summed E-state index contributed by atoms with van der Waals surface area (Å²) in [5.41, 5.74) is 9.09. The van der Waals surface area contributed by atoms with Gasteiger partial charge in [0, 0.05) is 17.4 Å². The summed E-state index contributed by atoms with van der Waals surface area (Å²) in [5.74, 6) is 0.170. The molecule has 0 radical (unpaired) electrons. The normalized spacial score (nSPS) is 15.5. The van der Waals surface area contributed by atoms with Crippen LogP contribution in [0.25, 0.3) is 10.4 Å². The molecule has 0 saturated carbocycles. The van der Waals surface area contributed by atoms with Crippen molar-refractivity contribution in [3.05, 3.63) is 34.9 Å². The highest BCUT2D eigenvalue weighted by molar-refractivity contribution is 7.20. The fourth-order valence-corrected chi connectivity index (χ4v) is 4.66. The fourth-order valence-electron chi connectivity index (χ4n) is 3.20. The molecule has 0 bridgehead atoms. The molecular weight excluding hydrogens is 312 g/mol. The summed E-state index contributed by atoms with van der Waals surface area (Å²) in [6.07, 6.45) is 0.802. The van der Waals surface area contributed by atoms with Crippen LogP contribution in [0.4, 0.5) is 5.00 Å². The van der Waals surface area contributed by atoms with Crippen molar-refractivity contribution in [2.45, 2.75) is 26.2 Å². The summed E-state index contributed by atoms with van der Waals surface area (Å²) in [4.78, 5) is 24.4. The first-order valence-corrected chi connectivity index (χ1v) is 8.16. The van der Waals surface area contributed by atoms with Crippen LogP contribution < -0.4 is 15.8 Å². The molecule has 2 aromatic rings. The first-order chi connectivity index (χ1) is 10.9. The van der Waals surface area contributed by atoms with Crippen molar-refractivity contribution >= 4 is 28.2 Å². The number of nitrogens with two attached hydrogens (primary N) is 1. The molecule has 6 heteroatoms. The van der Waals surface area contributed by atoms with E-state index in [4.69, 9.17) is 10.5 Å². The Balaban J connectivity index is 2.31. The highest BCUT2D eigenvalue weighted by Crippen LogP contribution is 2.51. The number of methoxy groups -OCH3 is 1. The Hall–Kier alpha value is -2.34. The molecule has 0 fully saturated rings. The van der Waals surface area contributed by atoms with Crippen LogP contribution in [0.5, 0.6) is 5.75 Å². The average molecular weight is 330 g/mol. The Morgan fingerprint density at radius 2 is 2.13 bits per heavy atom. The van der Waals surface area contributed by atoms with E-state index in [0.29, 0.717) is 10.6 Å². The van der Waals surface area contributed by atoms with Crippen LogP contribution >= 0.6 is 11.3 Å². The van der Waals surface area contributed by atoms with E-state index in [0.717, 1.165) is 28.2 Å².